The normalized spacial score (nSPS) is 12.1. The number of para-hydroxylation sites is 1. The minimum Gasteiger partial charge on any atom is -0.306 e. The summed E-state index contributed by atoms with van der Waals surface area (Å²) in [5.74, 6) is -1.88. The van der Waals surface area contributed by atoms with E-state index in [4.69, 9.17) is 11.6 Å². The number of benzene rings is 2. The molecule has 2 aromatic carbocycles. The van der Waals surface area contributed by atoms with Crippen molar-refractivity contribution >= 4 is 23.3 Å². The van der Waals surface area contributed by atoms with Gasteiger partial charge in [0, 0.05) is 17.0 Å². The largest absolute Gasteiger partial charge is 0.416 e. The minimum atomic E-state index is -4.78. The monoisotopic (exact) mass is 439 g/mol. The van der Waals surface area contributed by atoms with Gasteiger partial charge in [-0.1, -0.05) is 44.5 Å². The third-order valence-electron chi connectivity index (χ3n) is 4.29. The highest BCUT2D eigenvalue weighted by atomic mass is 35.5. The molecule has 3 aromatic rings. The van der Waals surface area contributed by atoms with Crippen LogP contribution in [0, 0.1) is 5.82 Å². The number of halogens is 5. The molecule has 0 aliphatic heterocycles. The summed E-state index contributed by atoms with van der Waals surface area (Å²) >= 11 is 6.25. The Hall–Kier alpha value is -2.87. The predicted molar refractivity (Wildman–Crippen MR) is 107 cm³/mol. The van der Waals surface area contributed by atoms with E-state index in [1.807, 2.05) is 20.8 Å². The molecule has 0 spiro atoms. The van der Waals surface area contributed by atoms with Gasteiger partial charge in [0.15, 0.2) is 0 Å². The Morgan fingerprint density at radius 3 is 2.33 bits per heavy atom. The lowest BCUT2D eigenvalue weighted by Crippen LogP contribution is -2.17. The average molecular weight is 440 g/mol. The smallest absolute Gasteiger partial charge is 0.306 e. The highest BCUT2D eigenvalue weighted by molar-refractivity contribution is 6.32. The van der Waals surface area contributed by atoms with Gasteiger partial charge in [0.25, 0.3) is 5.91 Å². The van der Waals surface area contributed by atoms with Crippen molar-refractivity contribution in [2.24, 2.45) is 0 Å². The van der Waals surface area contributed by atoms with Crippen molar-refractivity contribution in [1.29, 1.82) is 0 Å². The van der Waals surface area contributed by atoms with E-state index >= 15 is 0 Å². The lowest BCUT2D eigenvalue weighted by molar-refractivity contribution is -0.137. The lowest BCUT2D eigenvalue weighted by atomic mass is 9.92. The molecule has 0 radical (unpaired) electrons. The molecule has 158 valence electrons. The van der Waals surface area contributed by atoms with Crippen LogP contribution in [0.3, 0.4) is 0 Å². The molecule has 9 heteroatoms. The second-order valence-corrected chi connectivity index (χ2v) is 8.12. The van der Waals surface area contributed by atoms with Gasteiger partial charge in [0.1, 0.15) is 11.6 Å². The van der Waals surface area contributed by atoms with Crippen molar-refractivity contribution in [3.63, 3.8) is 0 Å². The number of carbonyl (C=O) groups excluding carboxylic acids is 1. The van der Waals surface area contributed by atoms with Crippen LogP contribution in [0.15, 0.2) is 48.5 Å². The SMILES string of the molecule is CC(C)(C)c1cc(NC(=O)c2cc(F)cc(C(F)(F)F)c2)n(-c2ccccc2Cl)n1. The van der Waals surface area contributed by atoms with Crippen LogP contribution in [0.2, 0.25) is 5.02 Å². The molecule has 1 N–H and O–H groups in total. The maximum absolute atomic E-state index is 13.7. The predicted octanol–water partition coefficient (Wildman–Crippen LogP) is 6.23. The van der Waals surface area contributed by atoms with Gasteiger partial charge in [-0.3, -0.25) is 4.79 Å². The molecule has 1 amide bonds. The molecule has 0 aliphatic carbocycles. The zero-order chi connectivity index (χ0) is 22.3. The van der Waals surface area contributed by atoms with E-state index in [0.29, 0.717) is 28.5 Å². The molecule has 0 fully saturated rings. The van der Waals surface area contributed by atoms with Crippen molar-refractivity contribution in [2.75, 3.05) is 5.32 Å². The number of hydrogen-bond acceptors (Lipinski definition) is 2. The van der Waals surface area contributed by atoms with E-state index in [1.165, 1.54) is 4.68 Å². The van der Waals surface area contributed by atoms with Gasteiger partial charge in [0.05, 0.1) is 22.0 Å². The van der Waals surface area contributed by atoms with E-state index in [0.717, 1.165) is 6.07 Å². The minimum absolute atomic E-state index is 0.191. The zero-order valence-corrected chi connectivity index (χ0v) is 17.1. The first-order valence-corrected chi connectivity index (χ1v) is 9.28. The van der Waals surface area contributed by atoms with Crippen molar-refractivity contribution in [3.05, 3.63) is 76.2 Å². The number of rotatable bonds is 3. The molecule has 4 nitrogen and oxygen atoms in total. The van der Waals surface area contributed by atoms with E-state index in [-0.39, 0.29) is 11.2 Å². The molecule has 0 saturated carbocycles. The van der Waals surface area contributed by atoms with E-state index < -0.39 is 29.0 Å². The summed E-state index contributed by atoms with van der Waals surface area (Å²) in [6.07, 6.45) is -4.78. The fraction of sp³-hybridized carbons (Fsp3) is 0.238. The second kappa shape index (κ2) is 7.75. The highest BCUT2D eigenvalue weighted by Gasteiger charge is 2.32. The molecule has 1 aromatic heterocycles. The van der Waals surface area contributed by atoms with E-state index in [1.54, 1.807) is 30.3 Å². The Morgan fingerprint density at radius 2 is 1.73 bits per heavy atom. The molecule has 0 aliphatic rings. The summed E-state index contributed by atoms with van der Waals surface area (Å²) in [7, 11) is 0. The number of aromatic nitrogens is 2. The molecule has 0 bridgehead atoms. The maximum Gasteiger partial charge on any atom is 0.416 e. The molecule has 0 unspecified atom stereocenters. The standard InChI is InChI=1S/C21H18ClF4N3O/c1-20(2,3)17-11-18(29(28-17)16-7-5-4-6-15(16)22)27-19(30)12-8-13(21(24,25)26)10-14(23)9-12/h4-11H,1-3H3,(H,27,30). The summed E-state index contributed by atoms with van der Waals surface area (Å²) in [5.41, 5.74) is -1.00. The zero-order valence-electron chi connectivity index (χ0n) is 16.3. The Labute approximate surface area is 175 Å². The van der Waals surface area contributed by atoms with Crippen molar-refractivity contribution in [1.82, 2.24) is 9.78 Å². The fourth-order valence-corrected chi connectivity index (χ4v) is 2.93. The van der Waals surface area contributed by atoms with Crippen LogP contribution in [-0.2, 0) is 11.6 Å². The third-order valence-corrected chi connectivity index (χ3v) is 4.61. The molecular formula is C21H18ClF4N3O. The summed E-state index contributed by atoms with van der Waals surface area (Å²) in [6, 6.07) is 10.1. The molecule has 30 heavy (non-hydrogen) atoms. The number of carbonyl (C=O) groups is 1. The van der Waals surface area contributed by atoms with Crippen molar-refractivity contribution in [2.45, 2.75) is 32.4 Å². The Kier molecular flexibility index (Phi) is 5.64. The average Bonchev–Trinajstić information content (AvgIpc) is 3.05. The maximum atomic E-state index is 13.7. The van der Waals surface area contributed by atoms with Gasteiger partial charge in [-0.25, -0.2) is 9.07 Å². The van der Waals surface area contributed by atoms with Gasteiger partial charge in [-0.05, 0) is 30.3 Å². The van der Waals surface area contributed by atoms with E-state index in [9.17, 15) is 22.4 Å². The second-order valence-electron chi connectivity index (χ2n) is 7.71. The Balaban J connectivity index is 2.05. The number of nitrogens with one attached hydrogen (secondary N) is 1. The molecule has 1 heterocycles. The first kappa shape index (κ1) is 21.8. The summed E-state index contributed by atoms with van der Waals surface area (Å²) in [6.45, 7) is 5.75. The molecular weight excluding hydrogens is 422 g/mol. The number of alkyl halides is 3. The summed E-state index contributed by atoms with van der Waals surface area (Å²) in [4.78, 5) is 12.7. The number of anilines is 1. The van der Waals surface area contributed by atoms with Gasteiger partial charge in [-0.2, -0.15) is 18.3 Å². The Morgan fingerprint density at radius 1 is 1.07 bits per heavy atom. The molecule has 3 rings (SSSR count). The van der Waals surface area contributed by atoms with Crippen molar-refractivity contribution in [3.8, 4) is 5.69 Å². The van der Waals surface area contributed by atoms with Gasteiger partial charge in [0.2, 0.25) is 0 Å². The lowest BCUT2D eigenvalue weighted by Gasteiger charge is -2.14. The van der Waals surface area contributed by atoms with Crippen LogP contribution in [0.4, 0.5) is 23.4 Å². The summed E-state index contributed by atoms with van der Waals surface area (Å²) in [5, 5.41) is 7.38. The fourth-order valence-electron chi connectivity index (χ4n) is 2.72. The first-order chi connectivity index (χ1) is 13.9. The Bertz CT molecular complexity index is 1100. The topological polar surface area (TPSA) is 46.9 Å². The van der Waals surface area contributed by atoms with E-state index in [2.05, 4.69) is 10.4 Å². The first-order valence-electron chi connectivity index (χ1n) is 8.91. The number of hydrogen-bond donors (Lipinski definition) is 1. The van der Waals surface area contributed by atoms with Crippen LogP contribution in [-0.4, -0.2) is 15.7 Å². The van der Waals surface area contributed by atoms with Crippen LogP contribution >= 0.6 is 11.6 Å². The van der Waals surface area contributed by atoms with Gasteiger partial charge in [-0.15, -0.1) is 0 Å². The van der Waals surface area contributed by atoms with Crippen LogP contribution in [0.5, 0.6) is 0 Å². The van der Waals surface area contributed by atoms with Crippen LogP contribution < -0.4 is 5.32 Å². The summed E-state index contributed by atoms with van der Waals surface area (Å²) < 4.78 is 54.0. The number of amides is 1. The quantitative estimate of drug-likeness (QED) is 0.491. The number of nitrogens with zero attached hydrogens (tertiary/aromatic N) is 2. The van der Waals surface area contributed by atoms with Gasteiger partial charge >= 0.3 is 6.18 Å². The van der Waals surface area contributed by atoms with Gasteiger partial charge < -0.3 is 5.32 Å². The third kappa shape index (κ3) is 4.64. The molecule has 0 saturated heterocycles. The van der Waals surface area contributed by atoms with Crippen LogP contribution in [0.25, 0.3) is 5.69 Å². The van der Waals surface area contributed by atoms with Crippen LogP contribution in [0.1, 0.15) is 42.4 Å². The molecule has 0 atom stereocenters. The van der Waals surface area contributed by atoms with Crippen molar-refractivity contribution < 1.29 is 22.4 Å². The highest BCUT2D eigenvalue weighted by Crippen LogP contribution is 2.32.